The lowest BCUT2D eigenvalue weighted by molar-refractivity contribution is 0.102. The Kier molecular flexibility index (Phi) is 4.51. The number of halogens is 2. The van der Waals surface area contributed by atoms with Crippen LogP contribution >= 0.6 is 45.5 Å². The summed E-state index contributed by atoms with van der Waals surface area (Å²) in [6.45, 7) is 0. The zero-order chi connectivity index (χ0) is 15.7. The summed E-state index contributed by atoms with van der Waals surface area (Å²) in [5.41, 5.74) is 1.26. The highest BCUT2D eigenvalue weighted by molar-refractivity contribution is 14.1. The number of rotatable bonds is 3. The van der Waals surface area contributed by atoms with Crippen LogP contribution in [0.4, 0.5) is 5.13 Å². The zero-order valence-corrected chi connectivity index (χ0v) is 15.1. The summed E-state index contributed by atoms with van der Waals surface area (Å²) in [4.78, 5) is 16.8. The topological polar surface area (TPSA) is 51.2 Å². The lowest BCUT2D eigenvalue weighted by Crippen LogP contribution is -2.12. The van der Waals surface area contributed by atoms with Crippen molar-refractivity contribution in [1.82, 2.24) is 4.98 Å². The van der Waals surface area contributed by atoms with E-state index in [2.05, 4.69) is 32.9 Å². The third-order valence-electron chi connectivity index (χ3n) is 3.02. The van der Waals surface area contributed by atoms with E-state index in [9.17, 15) is 4.79 Å². The van der Waals surface area contributed by atoms with Gasteiger partial charge >= 0.3 is 0 Å². The maximum absolute atomic E-state index is 12.3. The number of hydrogen-bond donors (Lipinski definition) is 1. The number of amides is 1. The molecule has 0 atom stereocenters. The predicted molar refractivity (Wildman–Crippen MR) is 98.3 cm³/mol. The normalized spacial score (nSPS) is 10.7. The zero-order valence-electron chi connectivity index (χ0n) is 11.4. The maximum atomic E-state index is 12.3. The van der Waals surface area contributed by atoms with Gasteiger partial charge in [0.25, 0.3) is 5.91 Å². The summed E-state index contributed by atoms with van der Waals surface area (Å²) in [5.74, 6) is 0.435. The van der Waals surface area contributed by atoms with Gasteiger partial charge in [0, 0.05) is 3.57 Å². The Hall–Kier alpha value is -1.38. The number of carbonyl (C=O) groups excluding carboxylic acids is 1. The molecule has 0 saturated carbocycles. The second-order valence-corrected chi connectivity index (χ2v) is 6.95. The van der Waals surface area contributed by atoms with E-state index in [0.717, 1.165) is 8.27 Å². The number of nitrogens with zero attached hydrogens (tertiary/aromatic N) is 1. The van der Waals surface area contributed by atoms with Crippen LogP contribution in [-0.4, -0.2) is 18.0 Å². The largest absolute Gasteiger partial charge is 0.494 e. The lowest BCUT2D eigenvalue weighted by Gasteiger charge is -2.03. The van der Waals surface area contributed by atoms with E-state index in [0.29, 0.717) is 27.0 Å². The highest BCUT2D eigenvalue weighted by atomic mass is 127. The molecule has 2 aromatic carbocycles. The average Bonchev–Trinajstić information content (AvgIpc) is 2.92. The molecule has 0 bridgehead atoms. The second kappa shape index (κ2) is 6.39. The summed E-state index contributed by atoms with van der Waals surface area (Å²) in [7, 11) is 1.58. The molecule has 1 heterocycles. The van der Waals surface area contributed by atoms with Gasteiger partial charge in [-0.15, -0.1) is 0 Å². The fourth-order valence-electron chi connectivity index (χ4n) is 1.98. The summed E-state index contributed by atoms with van der Waals surface area (Å²) in [5, 5.41) is 3.89. The van der Waals surface area contributed by atoms with Crippen molar-refractivity contribution in [3.63, 3.8) is 0 Å². The number of nitrogens with one attached hydrogen (secondary N) is 1. The fourth-order valence-corrected chi connectivity index (χ4v) is 3.76. The van der Waals surface area contributed by atoms with Crippen LogP contribution in [0.1, 0.15) is 10.4 Å². The van der Waals surface area contributed by atoms with Crippen LogP contribution < -0.4 is 10.1 Å². The van der Waals surface area contributed by atoms with E-state index in [-0.39, 0.29) is 5.91 Å². The number of fused-ring (bicyclic) bond motifs is 1. The molecule has 3 rings (SSSR count). The molecule has 0 aliphatic rings. The van der Waals surface area contributed by atoms with E-state index in [4.69, 9.17) is 16.3 Å². The van der Waals surface area contributed by atoms with Gasteiger partial charge in [-0.1, -0.05) is 35.1 Å². The van der Waals surface area contributed by atoms with Crippen LogP contribution in [-0.2, 0) is 0 Å². The number of methoxy groups -OCH3 is 1. The molecule has 0 saturated heterocycles. The van der Waals surface area contributed by atoms with Gasteiger partial charge in [0.1, 0.15) is 11.3 Å². The minimum absolute atomic E-state index is 0.195. The summed E-state index contributed by atoms with van der Waals surface area (Å²) in [6.07, 6.45) is 0. The Morgan fingerprint density at radius 3 is 2.82 bits per heavy atom. The van der Waals surface area contributed by atoms with E-state index in [1.165, 1.54) is 11.3 Å². The molecule has 0 fully saturated rings. The molecule has 22 heavy (non-hydrogen) atoms. The Morgan fingerprint density at radius 2 is 2.09 bits per heavy atom. The van der Waals surface area contributed by atoms with Gasteiger partial charge in [-0.3, -0.25) is 10.1 Å². The van der Waals surface area contributed by atoms with Crippen molar-refractivity contribution in [3.8, 4) is 5.75 Å². The quantitative estimate of drug-likeness (QED) is 0.590. The number of benzene rings is 2. The molecule has 0 aliphatic carbocycles. The number of hydrogen-bond acceptors (Lipinski definition) is 4. The molecule has 0 radical (unpaired) electrons. The van der Waals surface area contributed by atoms with Gasteiger partial charge in [-0.05, 0) is 46.9 Å². The number of thiazole rings is 1. The van der Waals surface area contributed by atoms with Gasteiger partial charge in [-0.2, -0.15) is 0 Å². The van der Waals surface area contributed by atoms with Crippen LogP contribution in [0, 0.1) is 3.57 Å². The van der Waals surface area contributed by atoms with Crippen molar-refractivity contribution in [2.24, 2.45) is 0 Å². The Balaban J connectivity index is 1.96. The minimum atomic E-state index is -0.195. The first kappa shape index (κ1) is 15.5. The van der Waals surface area contributed by atoms with E-state index >= 15 is 0 Å². The van der Waals surface area contributed by atoms with Gasteiger partial charge in [-0.25, -0.2) is 4.98 Å². The van der Waals surface area contributed by atoms with Gasteiger partial charge in [0.15, 0.2) is 5.13 Å². The molecule has 1 aromatic heterocycles. The smallest absolute Gasteiger partial charge is 0.258 e. The second-order valence-electron chi connectivity index (χ2n) is 4.38. The molecule has 112 valence electrons. The van der Waals surface area contributed by atoms with Gasteiger partial charge in [0.2, 0.25) is 0 Å². The molecule has 7 heteroatoms. The standard InChI is InChI=1S/C15H10ClIN2O2S/c1-21-11-7-6-9(16)13-12(11)18-15(22-13)19-14(20)8-4-2-3-5-10(8)17/h2-7H,1H3,(H,18,19,20). The van der Waals surface area contributed by atoms with Gasteiger partial charge < -0.3 is 4.74 Å². The SMILES string of the molecule is COc1ccc(Cl)c2sc(NC(=O)c3ccccc3I)nc12. The van der Waals surface area contributed by atoms with Crippen LogP contribution in [0.15, 0.2) is 36.4 Å². The van der Waals surface area contributed by atoms with Crippen molar-refractivity contribution in [1.29, 1.82) is 0 Å². The van der Waals surface area contributed by atoms with Crippen molar-refractivity contribution < 1.29 is 9.53 Å². The van der Waals surface area contributed by atoms with Crippen molar-refractivity contribution in [3.05, 3.63) is 50.6 Å². The first-order valence-corrected chi connectivity index (χ1v) is 8.56. The lowest BCUT2D eigenvalue weighted by atomic mass is 10.2. The number of carbonyl (C=O) groups is 1. The molecule has 3 aromatic rings. The molecular formula is C15H10ClIN2O2S. The number of ether oxygens (including phenoxy) is 1. The Morgan fingerprint density at radius 1 is 1.32 bits per heavy atom. The summed E-state index contributed by atoms with van der Waals surface area (Å²) in [6, 6.07) is 10.9. The van der Waals surface area contributed by atoms with Crippen molar-refractivity contribution >= 4 is 66.8 Å². The van der Waals surface area contributed by atoms with E-state index in [1.807, 2.05) is 18.2 Å². The minimum Gasteiger partial charge on any atom is -0.494 e. The molecule has 1 amide bonds. The average molecular weight is 445 g/mol. The van der Waals surface area contributed by atoms with Crippen LogP contribution in [0.2, 0.25) is 5.02 Å². The highest BCUT2D eigenvalue weighted by Gasteiger charge is 2.15. The maximum Gasteiger partial charge on any atom is 0.258 e. The molecule has 4 nitrogen and oxygen atoms in total. The Bertz CT molecular complexity index is 866. The monoisotopic (exact) mass is 444 g/mol. The highest BCUT2D eigenvalue weighted by Crippen LogP contribution is 2.37. The van der Waals surface area contributed by atoms with Crippen LogP contribution in [0.5, 0.6) is 5.75 Å². The molecular weight excluding hydrogens is 435 g/mol. The van der Waals surface area contributed by atoms with E-state index in [1.54, 1.807) is 25.3 Å². The molecule has 1 N–H and O–H groups in total. The molecule has 0 spiro atoms. The predicted octanol–water partition coefficient (Wildman–Crippen LogP) is 4.82. The first-order chi connectivity index (χ1) is 10.6. The summed E-state index contributed by atoms with van der Waals surface area (Å²) < 4.78 is 6.95. The molecule has 0 aliphatic heterocycles. The van der Waals surface area contributed by atoms with E-state index < -0.39 is 0 Å². The first-order valence-electron chi connectivity index (χ1n) is 6.29. The summed E-state index contributed by atoms with van der Waals surface area (Å²) >= 11 is 9.63. The van der Waals surface area contributed by atoms with Crippen molar-refractivity contribution in [2.45, 2.75) is 0 Å². The molecule has 0 unspecified atom stereocenters. The third kappa shape index (κ3) is 2.90. The number of aromatic nitrogens is 1. The van der Waals surface area contributed by atoms with Crippen molar-refractivity contribution in [2.75, 3.05) is 12.4 Å². The third-order valence-corrected chi connectivity index (χ3v) is 5.39. The fraction of sp³-hybridized carbons (Fsp3) is 0.0667. The van der Waals surface area contributed by atoms with Crippen LogP contribution in [0.25, 0.3) is 10.2 Å². The van der Waals surface area contributed by atoms with Crippen LogP contribution in [0.3, 0.4) is 0 Å². The number of anilines is 1. The van der Waals surface area contributed by atoms with Gasteiger partial charge in [0.05, 0.1) is 22.4 Å². The Labute approximate surface area is 149 Å².